The van der Waals surface area contributed by atoms with Crippen molar-refractivity contribution in [3.8, 4) is 0 Å². The molecular weight excluding hydrogens is 384 g/mol. The second-order valence-corrected chi connectivity index (χ2v) is 8.54. The summed E-state index contributed by atoms with van der Waals surface area (Å²) in [5.74, 6) is 1.65. The number of hydrogen-bond donors (Lipinski definition) is 2. The van der Waals surface area contributed by atoms with E-state index in [0.29, 0.717) is 25.4 Å². The third-order valence-corrected chi connectivity index (χ3v) is 5.90. The first kappa shape index (κ1) is 22.9. The Labute approximate surface area is 187 Å². The fraction of sp³-hybridized carbons (Fsp3) is 0.462. The number of benzene rings is 2. The Balaban J connectivity index is 1.44. The van der Waals surface area contributed by atoms with Crippen molar-refractivity contribution in [1.82, 2.24) is 15.5 Å². The average Bonchev–Trinajstić information content (AvgIpc) is 3.19. The summed E-state index contributed by atoms with van der Waals surface area (Å²) in [7, 11) is 1.80. The van der Waals surface area contributed by atoms with Gasteiger partial charge in [0.15, 0.2) is 5.96 Å². The summed E-state index contributed by atoms with van der Waals surface area (Å²) < 4.78 is 0. The highest BCUT2D eigenvalue weighted by Crippen LogP contribution is 2.17. The van der Waals surface area contributed by atoms with E-state index in [0.717, 1.165) is 38.3 Å². The van der Waals surface area contributed by atoms with Crippen molar-refractivity contribution in [1.29, 1.82) is 0 Å². The molecule has 2 aromatic carbocycles. The molecule has 0 aliphatic carbocycles. The van der Waals surface area contributed by atoms with Crippen LogP contribution in [0.4, 0.5) is 0 Å². The van der Waals surface area contributed by atoms with Crippen LogP contribution in [0.25, 0.3) is 0 Å². The molecule has 1 heterocycles. The molecule has 2 aromatic rings. The van der Waals surface area contributed by atoms with E-state index in [4.69, 9.17) is 0 Å². The van der Waals surface area contributed by atoms with Gasteiger partial charge in [-0.1, -0.05) is 62.4 Å². The molecule has 0 radical (unpaired) electrons. The maximum atomic E-state index is 12.0. The molecule has 2 N–H and O–H groups in total. The lowest BCUT2D eigenvalue weighted by Gasteiger charge is -2.19. The second kappa shape index (κ2) is 11.5. The van der Waals surface area contributed by atoms with Crippen molar-refractivity contribution in [2.24, 2.45) is 4.99 Å². The summed E-state index contributed by atoms with van der Waals surface area (Å²) in [4.78, 5) is 18.3. The van der Waals surface area contributed by atoms with Crippen molar-refractivity contribution < 1.29 is 4.79 Å². The van der Waals surface area contributed by atoms with Crippen molar-refractivity contribution in [2.75, 3.05) is 20.1 Å². The summed E-state index contributed by atoms with van der Waals surface area (Å²) in [6.45, 7) is 7.57. The van der Waals surface area contributed by atoms with E-state index in [1.54, 1.807) is 7.05 Å². The van der Waals surface area contributed by atoms with Gasteiger partial charge in [0.1, 0.15) is 0 Å². The molecule has 0 bridgehead atoms. The smallest absolute Gasteiger partial charge is 0.222 e. The second-order valence-electron chi connectivity index (χ2n) is 8.54. The van der Waals surface area contributed by atoms with Gasteiger partial charge in [0.05, 0.1) is 0 Å². The van der Waals surface area contributed by atoms with E-state index >= 15 is 0 Å². The Morgan fingerprint density at radius 2 is 1.81 bits per heavy atom. The zero-order chi connectivity index (χ0) is 22.1. The number of aryl methyl sites for hydroxylation is 1. The van der Waals surface area contributed by atoms with Crippen LogP contribution in [0.15, 0.2) is 53.5 Å². The molecule has 1 aliphatic rings. The van der Waals surface area contributed by atoms with Crippen LogP contribution in [0.5, 0.6) is 0 Å². The number of rotatable bonds is 9. The van der Waals surface area contributed by atoms with Gasteiger partial charge in [-0.2, -0.15) is 0 Å². The lowest BCUT2D eigenvalue weighted by Crippen LogP contribution is -2.37. The molecule has 0 saturated carbocycles. The minimum atomic E-state index is 0.263. The lowest BCUT2D eigenvalue weighted by molar-refractivity contribution is -0.128. The van der Waals surface area contributed by atoms with E-state index in [1.807, 2.05) is 17.0 Å². The maximum absolute atomic E-state index is 12.0. The summed E-state index contributed by atoms with van der Waals surface area (Å²) in [5, 5.41) is 6.83. The summed E-state index contributed by atoms with van der Waals surface area (Å²) >= 11 is 0. The molecule has 5 heteroatoms. The molecule has 31 heavy (non-hydrogen) atoms. The molecule has 0 unspecified atom stereocenters. The van der Waals surface area contributed by atoms with Crippen LogP contribution in [-0.2, 0) is 24.3 Å². The number of aliphatic imine (C=N–C) groups is 1. The van der Waals surface area contributed by atoms with Crippen molar-refractivity contribution in [3.63, 3.8) is 0 Å². The molecular formula is C26H36N4O. The molecule has 1 fully saturated rings. The summed E-state index contributed by atoms with van der Waals surface area (Å²) in [5.41, 5.74) is 5.17. The van der Waals surface area contributed by atoms with Crippen molar-refractivity contribution >= 4 is 11.9 Å². The largest absolute Gasteiger partial charge is 0.356 e. The molecule has 1 saturated heterocycles. The first-order valence-corrected chi connectivity index (χ1v) is 11.4. The van der Waals surface area contributed by atoms with Crippen molar-refractivity contribution in [2.45, 2.75) is 58.5 Å². The van der Waals surface area contributed by atoms with Gasteiger partial charge >= 0.3 is 0 Å². The van der Waals surface area contributed by atoms with Crippen LogP contribution in [0.2, 0.25) is 0 Å². The minimum Gasteiger partial charge on any atom is -0.356 e. The first-order valence-electron chi connectivity index (χ1n) is 11.4. The van der Waals surface area contributed by atoms with Gasteiger partial charge in [0.2, 0.25) is 5.91 Å². The number of carbonyl (C=O) groups excluding carboxylic acids is 1. The number of nitrogens with zero attached hydrogens (tertiary/aromatic N) is 2. The van der Waals surface area contributed by atoms with E-state index < -0.39 is 0 Å². The number of carbonyl (C=O) groups is 1. The normalized spacial score (nSPS) is 14.4. The molecule has 0 atom stereocenters. The van der Waals surface area contributed by atoms with Crippen LogP contribution in [0.3, 0.4) is 0 Å². The zero-order valence-corrected chi connectivity index (χ0v) is 19.2. The van der Waals surface area contributed by atoms with E-state index in [9.17, 15) is 4.79 Å². The third-order valence-electron chi connectivity index (χ3n) is 5.90. The molecule has 1 amide bonds. The highest BCUT2D eigenvalue weighted by Gasteiger charge is 2.20. The summed E-state index contributed by atoms with van der Waals surface area (Å²) in [6.07, 6.45) is 3.75. The van der Waals surface area contributed by atoms with E-state index in [-0.39, 0.29) is 5.91 Å². The van der Waals surface area contributed by atoms with Gasteiger partial charge in [0.25, 0.3) is 0 Å². The fourth-order valence-corrected chi connectivity index (χ4v) is 3.93. The van der Waals surface area contributed by atoms with Crippen LogP contribution in [0.1, 0.15) is 61.3 Å². The van der Waals surface area contributed by atoms with E-state index in [1.165, 1.54) is 22.3 Å². The Morgan fingerprint density at radius 3 is 2.45 bits per heavy atom. The zero-order valence-electron chi connectivity index (χ0n) is 19.2. The monoisotopic (exact) mass is 420 g/mol. The number of likely N-dealkylation sites (tertiary alicyclic amines) is 1. The topological polar surface area (TPSA) is 56.7 Å². The predicted molar refractivity (Wildman–Crippen MR) is 128 cm³/mol. The summed E-state index contributed by atoms with van der Waals surface area (Å²) in [6, 6.07) is 17.3. The van der Waals surface area contributed by atoms with E-state index in [2.05, 4.69) is 65.9 Å². The maximum Gasteiger partial charge on any atom is 0.222 e. The van der Waals surface area contributed by atoms with Crippen molar-refractivity contribution in [3.05, 3.63) is 70.8 Å². The molecule has 1 aliphatic heterocycles. The van der Waals surface area contributed by atoms with Gasteiger partial charge in [-0.15, -0.1) is 0 Å². The Kier molecular flexibility index (Phi) is 8.51. The number of hydrogen-bond acceptors (Lipinski definition) is 2. The first-order chi connectivity index (χ1) is 15.1. The van der Waals surface area contributed by atoms with Crippen LogP contribution < -0.4 is 10.6 Å². The minimum absolute atomic E-state index is 0.263. The van der Waals surface area contributed by atoms with Crippen LogP contribution in [0, 0.1) is 0 Å². The van der Waals surface area contributed by atoms with Crippen LogP contribution >= 0.6 is 0 Å². The predicted octanol–water partition coefficient (Wildman–Crippen LogP) is 4.23. The standard InChI is InChI=1S/C26H36N4O/c1-20(2)22-14-12-21(13-15-22)8-6-16-28-26(27-3)29-18-23-9-4-5-10-24(23)19-30-17-7-11-25(30)31/h4-5,9-10,12-15,20H,6-8,11,16-19H2,1-3H3,(H2,27,28,29). The van der Waals surface area contributed by atoms with Crippen LogP contribution in [-0.4, -0.2) is 36.9 Å². The number of nitrogens with one attached hydrogen (secondary N) is 2. The fourth-order valence-electron chi connectivity index (χ4n) is 3.93. The quantitative estimate of drug-likeness (QED) is 0.363. The molecule has 5 nitrogen and oxygen atoms in total. The number of guanidine groups is 1. The SMILES string of the molecule is CN=C(NCCCc1ccc(C(C)C)cc1)NCc1ccccc1CN1CCCC1=O. The third kappa shape index (κ3) is 6.84. The molecule has 0 aromatic heterocycles. The van der Waals surface area contributed by atoms with Gasteiger partial charge in [-0.25, -0.2) is 0 Å². The van der Waals surface area contributed by atoms with Gasteiger partial charge in [-0.05, 0) is 47.4 Å². The highest BCUT2D eigenvalue weighted by molar-refractivity contribution is 5.79. The molecule has 3 rings (SSSR count). The highest BCUT2D eigenvalue weighted by atomic mass is 16.2. The number of amides is 1. The molecule has 0 spiro atoms. The Bertz CT molecular complexity index is 873. The average molecular weight is 421 g/mol. The van der Waals surface area contributed by atoms with Gasteiger partial charge < -0.3 is 15.5 Å². The Hall–Kier alpha value is -2.82. The molecule has 166 valence electrons. The van der Waals surface area contributed by atoms with Gasteiger partial charge in [0, 0.05) is 39.6 Å². The Morgan fingerprint density at radius 1 is 1.06 bits per heavy atom. The lowest BCUT2D eigenvalue weighted by atomic mass is 10.0. The van der Waals surface area contributed by atoms with Gasteiger partial charge in [-0.3, -0.25) is 9.79 Å².